The van der Waals surface area contributed by atoms with Crippen molar-refractivity contribution >= 4 is 39.8 Å². The van der Waals surface area contributed by atoms with Gasteiger partial charge in [-0.05, 0) is 11.5 Å². The Labute approximate surface area is 100 Å². The van der Waals surface area contributed by atoms with Crippen LogP contribution in [0.15, 0.2) is 36.5 Å². The summed E-state index contributed by atoms with van der Waals surface area (Å²) in [6.07, 6.45) is 2.80. The van der Waals surface area contributed by atoms with Gasteiger partial charge < -0.3 is 24.8 Å². The number of nitrogens with zero attached hydrogens (tertiary/aromatic N) is 1. The van der Waals surface area contributed by atoms with Gasteiger partial charge in [0.15, 0.2) is 11.9 Å². The molecule has 0 amide bonds. The first-order chi connectivity index (χ1) is 7.16. The van der Waals surface area contributed by atoms with Crippen LogP contribution in [0.5, 0.6) is 0 Å². The largest absolute Gasteiger partial charge is 0.432 e. The van der Waals surface area contributed by atoms with Crippen molar-refractivity contribution in [2.75, 3.05) is 0 Å². The first kappa shape index (κ1) is 10.5. The summed E-state index contributed by atoms with van der Waals surface area (Å²) >= 11 is 9.92. The van der Waals surface area contributed by atoms with Crippen molar-refractivity contribution in [2.45, 2.75) is 6.42 Å². The number of hydrogen-bond acceptors (Lipinski definition) is 2. The van der Waals surface area contributed by atoms with Gasteiger partial charge in [-0.3, -0.25) is 0 Å². The van der Waals surface area contributed by atoms with E-state index in [1.54, 1.807) is 0 Å². The number of fused-ring (bicyclic) bond motifs is 1. The smallest absolute Gasteiger partial charge is 0.184 e. The number of aromatic nitrogens is 1. The Morgan fingerprint density at radius 1 is 1.33 bits per heavy atom. The lowest BCUT2D eigenvalue weighted by Crippen LogP contribution is -2.33. The number of benzene rings is 1. The van der Waals surface area contributed by atoms with Crippen LogP contribution in [0.25, 0.3) is 10.8 Å². The molecule has 0 fully saturated rings. The van der Waals surface area contributed by atoms with Crippen molar-refractivity contribution in [3.05, 3.63) is 42.2 Å². The van der Waals surface area contributed by atoms with Gasteiger partial charge in [0.25, 0.3) is 0 Å². The number of rotatable bonds is 2. The molecular weight excluding hydrogens is 222 g/mol. The lowest BCUT2D eigenvalue weighted by Gasteiger charge is -2.05. The van der Waals surface area contributed by atoms with E-state index in [0.717, 1.165) is 5.69 Å². The maximum Gasteiger partial charge on any atom is 0.184 e. The molecule has 0 N–H and O–H groups in total. The Morgan fingerprint density at radius 3 is 2.67 bits per heavy atom. The van der Waals surface area contributed by atoms with E-state index in [0.29, 0.717) is 10.6 Å². The van der Waals surface area contributed by atoms with Gasteiger partial charge in [0.2, 0.25) is 0 Å². The Kier molecular flexibility index (Phi) is 2.93. The molecule has 0 spiro atoms. The molecule has 0 bridgehead atoms. The van der Waals surface area contributed by atoms with E-state index in [4.69, 9.17) is 24.8 Å². The summed E-state index contributed by atoms with van der Waals surface area (Å²) in [6, 6.07) is 10.4. The summed E-state index contributed by atoms with van der Waals surface area (Å²) in [5, 5.41) is 2.47. The molecule has 1 aromatic heterocycles. The molecule has 1 aromatic carbocycles. The van der Waals surface area contributed by atoms with Crippen molar-refractivity contribution in [2.24, 2.45) is 7.05 Å². The van der Waals surface area contributed by atoms with Crippen molar-refractivity contribution < 1.29 is 4.57 Å². The summed E-state index contributed by atoms with van der Waals surface area (Å²) in [4.78, 5) is 0. The van der Waals surface area contributed by atoms with E-state index in [-0.39, 0.29) is 0 Å². The lowest BCUT2D eigenvalue weighted by atomic mass is 10.1. The van der Waals surface area contributed by atoms with Crippen molar-refractivity contribution in [3.8, 4) is 0 Å². The second-order valence-corrected chi connectivity index (χ2v) is 4.80. The predicted molar refractivity (Wildman–Crippen MR) is 68.8 cm³/mol. The van der Waals surface area contributed by atoms with E-state index in [1.807, 2.05) is 19.2 Å². The normalized spacial score (nSPS) is 10.5. The monoisotopic (exact) mass is 233 g/mol. The Bertz CT molecular complexity index is 520. The maximum absolute atomic E-state index is 4.96. The Hall–Kier alpha value is -1.06. The van der Waals surface area contributed by atoms with Crippen molar-refractivity contribution in [1.82, 2.24) is 0 Å². The van der Waals surface area contributed by atoms with Crippen molar-refractivity contribution in [1.29, 1.82) is 0 Å². The Morgan fingerprint density at radius 2 is 2.00 bits per heavy atom. The minimum atomic E-state index is 0.612. The topological polar surface area (TPSA) is 3.88 Å². The van der Waals surface area contributed by atoms with Crippen LogP contribution in [-0.2, 0) is 26.1 Å². The van der Waals surface area contributed by atoms with Gasteiger partial charge in [0, 0.05) is 17.9 Å². The first-order valence-corrected chi connectivity index (χ1v) is 5.55. The highest BCUT2D eigenvalue weighted by Gasteiger charge is 2.06. The van der Waals surface area contributed by atoms with E-state index in [9.17, 15) is 0 Å². The summed E-state index contributed by atoms with van der Waals surface area (Å²) in [7, 11) is 2.02. The molecule has 15 heavy (non-hydrogen) atoms. The quantitative estimate of drug-likeness (QED) is 0.444. The second kappa shape index (κ2) is 4.21. The van der Waals surface area contributed by atoms with E-state index in [1.165, 1.54) is 10.8 Å². The average molecular weight is 233 g/mol. The summed E-state index contributed by atoms with van der Waals surface area (Å²) < 4.78 is 2.70. The SMILES string of the molecule is C[n+]1cc2ccccc2cc1CC(=S)[S-]. The van der Waals surface area contributed by atoms with Crippen LogP contribution in [0.1, 0.15) is 5.69 Å². The molecule has 0 saturated heterocycles. The second-order valence-electron chi connectivity index (χ2n) is 3.55. The van der Waals surface area contributed by atoms with Gasteiger partial charge >= 0.3 is 0 Å². The van der Waals surface area contributed by atoms with Gasteiger partial charge in [-0.15, -0.1) is 4.20 Å². The Balaban J connectivity index is 2.56. The van der Waals surface area contributed by atoms with Gasteiger partial charge in [-0.2, -0.15) is 0 Å². The molecule has 0 radical (unpaired) electrons. The molecule has 2 aromatic rings. The van der Waals surface area contributed by atoms with Crippen molar-refractivity contribution in [3.63, 3.8) is 0 Å². The summed E-state index contributed by atoms with van der Waals surface area (Å²) in [6.45, 7) is 0. The fourth-order valence-corrected chi connectivity index (χ4v) is 1.95. The number of hydrogen-bond donors (Lipinski definition) is 0. The molecular formula is C12H11NS2. The van der Waals surface area contributed by atoms with Gasteiger partial charge in [0.05, 0.1) is 0 Å². The summed E-state index contributed by atoms with van der Waals surface area (Å²) in [5.41, 5.74) is 1.16. The van der Waals surface area contributed by atoms with Gasteiger partial charge in [-0.25, -0.2) is 4.57 Å². The molecule has 1 heterocycles. The van der Waals surface area contributed by atoms with Crippen LogP contribution in [0.3, 0.4) is 0 Å². The van der Waals surface area contributed by atoms with Crippen LogP contribution >= 0.6 is 12.2 Å². The van der Waals surface area contributed by atoms with Gasteiger partial charge in [-0.1, -0.05) is 18.2 Å². The van der Waals surface area contributed by atoms with Gasteiger partial charge in [0.1, 0.15) is 7.05 Å². The third-order valence-electron chi connectivity index (χ3n) is 2.43. The van der Waals surface area contributed by atoms with Crippen LogP contribution in [0.4, 0.5) is 0 Å². The lowest BCUT2D eigenvalue weighted by molar-refractivity contribution is -0.677. The third-order valence-corrected chi connectivity index (χ3v) is 2.72. The number of aryl methyl sites for hydroxylation is 1. The molecule has 76 valence electrons. The van der Waals surface area contributed by atoms with Crippen LogP contribution in [0.2, 0.25) is 0 Å². The highest BCUT2D eigenvalue weighted by atomic mass is 32.1. The third kappa shape index (κ3) is 2.30. The zero-order chi connectivity index (χ0) is 10.8. The molecule has 0 aliphatic carbocycles. The zero-order valence-electron chi connectivity index (χ0n) is 8.43. The minimum Gasteiger partial charge on any atom is -0.432 e. The predicted octanol–water partition coefficient (Wildman–Crippen LogP) is 2.08. The van der Waals surface area contributed by atoms with E-state index >= 15 is 0 Å². The van der Waals surface area contributed by atoms with E-state index in [2.05, 4.69) is 29.0 Å². The molecule has 0 aliphatic heterocycles. The fourth-order valence-electron chi connectivity index (χ4n) is 1.66. The van der Waals surface area contributed by atoms with Crippen LogP contribution in [0, 0.1) is 0 Å². The number of pyridine rings is 1. The summed E-state index contributed by atoms with van der Waals surface area (Å²) in [5.74, 6) is 0. The highest BCUT2D eigenvalue weighted by molar-refractivity contribution is 8.00. The minimum absolute atomic E-state index is 0.612. The maximum atomic E-state index is 4.96. The van der Waals surface area contributed by atoms with Crippen LogP contribution in [-0.4, -0.2) is 4.20 Å². The zero-order valence-corrected chi connectivity index (χ0v) is 10.1. The molecule has 0 saturated carbocycles. The molecule has 1 nitrogen and oxygen atoms in total. The highest BCUT2D eigenvalue weighted by Crippen LogP contribution is 2.12. The molecule has 0 unspecified atom stereocenters. The molecule has 3 heteroatoms. The average Bonchev–Trinajstić information content (AvgIpc) is 2.18. The number of thiocarbonyl (C=S) groups is 1. The van der Waals surface area contributed by atoms with Crippen LogP contribution < -0.4 is 4.57 Å². The van der Waals surface area contributed by atoms with E-state index < -0.39 is 0 Å². The fraction of sp³-hybridized carbons (Fsp3) is 0.167. The molecule has 0 aliphatic rings. The molecule has 0 atom stereocenters. The standard InChI is InChI=1S/C12H11NS2/c1-13-8-10-5-3-2-4-9(10)6-11(13)7-12(14)15/h2-6,8H,7H2,1H3. The first-order valence-electron chi connectivity index (χ1n) is 4.74. The molecule has 2 rings (SSSR count).